The van der Waals surface area contributed by atoms with Crippen molar-refractivity contribution in [3.63, 3.8) is 0 Å². The molecule has 0 unspecified atom stereocenters. The minimum atomic E-state index is -4.67. The van der Waals surface area contributed by atoms with E-state index >= 15 is 0 Å². The Morgan fingerprint density at radius 2 is 2.00 bits per heavy atom. The van der Waals surface area contributed by atoms with Gasteiger partial charge in [-0.2, -0.15) is 8.42 Å². The Labute approximate surface area is 69.7 Å². The van der Waals surface area contributed by atoms with Gasteiger partial charge in [0.15, 0.2) is 0 Å². The second-order valence-corrected chi connectivity index (χ2v) is 2.67. The Hall–Kier alpha value is -0.960. The van der Waals surface area contributed by atoms with Crippen LogP contribution in [0.25, 0.3) is 0 Å². The molecule has 4 N–H and O–H groups in total. The van der Waals surface area contributed by atoms with Gasteiger partial charge in [0, 0.05) is 12.4 Å². The molecule has 0 radical (unpaired) electrons. The summed E-state index contributed by atoms with van der Waals surface area (Å²) in [4.78, 5) is 3.85. The van der Waals surface area contributed by atoms with E-state index in [2.05, 4.69) is 4.99 Å². The predicted molar refractivity (Wildman–Crippen MR) is 42.7 cm³/mol. The summed E-state index contributed by atoms with van der Waals surface area (Å²) in [5.41, 5.74) is 0. The number of hydrogen-bond donors (Lipinski definition) is 3. The van der Waals surface area contributed by atoms with E-state index in [-0.39, 0.29) is 0 Å². The number of nitrogens with two attached hydrogens (primary N) is 1. The van der Waals surface area contributed by atoms with E-state index in [9.17, 15) is 0 Å². The first kappa shape index (κ1) is 11.0. The van der Waals surface area contributed by atoms with Crippen molar-refractivity contribution in [2.75, 3.05) is 6.67 Å². The molecule has 0 spiro atoms. The highest BCUT2D eigenvalue weighted by Crippen LogP contribution is 1.84. The normalized spacial score (nSPS) is 15.4. The Morgan fingerprint density at radius 3 is 2.17 bits per heavy atom. The lowest BCUT2D eigenvalue weighted by molar-refractivity contribution is 0.381. The third kappa shape index (κ3) is 11.8. The lowest BCUT2D eigenvalue weighted by Crippen LogP contribution is -2.26. The molecule has 0 saturated carbocycles. The average molecular weight is 195 g/mol. The predicted octanol–water partition coefficient (Wildman–Crippen LogP) is -0.935. The molecular formula is C4H9N3O4S. The Kier molecular flexibility index (Phi) is 4.44. The van der Waals surface area contributed by atoms with Crippen LogP contribution in [0.1, 0.15) is 0 Å². The van der Waals surface area contributed by atoms with Crippen LogP contribution in [0.4, 0.5) is 0 Å². The minimum absolute atomic E-state index is 0.580. The fourth-order valence-electron chi connectivity index (χ4n) is 0.398. The standard InChI is InChI=1S/C4H7N3.H2O4S/c5-7-3-1-2-6-4-7;1-5(2,3)4/h1-3H,4-5H2;(H2,1,2,3,4). The van der Waals surface area contributed by atoms with E-state index in [1.807, 2.05) is 0 Å². The maximum absolute atomic E-state index is 8.74. The molecule has 1 heterocycles. The van der Waals surface area contributed by atoms with Crippen LogP contribution in [0.5, 0.6) is 0 Å². The molecule has 0 aromatic carbocycles. The van der Waals surface area contributed by atoms with Crippen molar-refractivity contribution in [3.8, 4) is 0 Å². The van der Waals surface area contributed by atoms with E-state index in [4.69, 9.17) is 23.4 Å². The van der Waals surface area contributed by atoms with Gasteiger partial charge in [0.2, 0.25) is 0 Å². The van der Waals surface area contributed by atoms with E-state index < -0.39 is 10.4 Å². The summed E-state index contributed by atoms with van der Waals surface area (Å²) in [7, 11) is -4.67. The maximum Gasteiger partial charge on any atom is 0.394 e. The van der Waals surface area contributed by atoms with Gasteiger partial charge in [-0.15, -0.1) is 0 Å². The zero-order chi connectivity index (χ0) is 9.61. The summed E-state index contributed by atoms with van der Waals surface area (Å²) in [5.74, 6) is 5.27. The fraction of sp³-hybridized carbons (Fsp3) is 0.250. The quantitative estimate of drug-likeness (QED) is 0.339. The van der Waals surface area contributed by atoms with Gasteiger partial charge in [-0.1, -0.05) is 0 Å². The van der Waals surface area contributed by atoms with Crippen molar-refractivity contribution >= 4 is 16.6 Å². The lowest BCUT2D eigenvalue weighted by Gasteiger charge is -2.10. The average Bonchev–Trinajstić information content (AvgIpc) is 1.85. The van der Waals surface area contributed by atoms with E-state index in [0.717, 1.165) is 0 Å². The number of nitrogens with zero attached hydrogens (tertiary/aromatic N) is 2. The van der Waals surface area contributed by atoms with Gasteiger partial charge in [0.1, 0.15) is 6.67 Å². The van der Waals surface area contributed by atoms with Crippen LogP contribution >= 0.6 is 0 Å². The summed E-state index contributed by atoms with van der Waals surface area (Å²) >= 11 is 0. The van der Waals surface area contributed by atoms with Gasteiger partial charge >= 0.3 is 10.4 Å². The fourth-order valence-corrected chi connectivity index (χ4v) is 0.398. The largest absolute Gasteiger partial charge is 0.394 e. The first-order valence-corrected chi connectivity index (χ1v) is 4.17. The minimum Gasteiger partial charge on any atom is -0.297 e. The van der Waals surface area contributed by atoms with Crippen LogP contribution in [0, 0.1) is 0 Å². The molecule has 0 aromatic heterocycles. The molecule has 8 heteroatoms. The number of allylic oxidation sites excluding steroid dienone is 1. The Bertz CT molecular complexity index is 262. The molecular weight excluding hydrogens is 186 g/mol. The topological polar surface area (TPSA) is 116 Å². The van der Waals surface area contributed by atoms with Gasteiger partial charge < -0.3 is 0 Å². The van der Waals surface area contributed by atoms with Gasteiger partial charge in [-0.3, -0.25) is 19.1 Å². The van der Waals surface area contributed by atoms with Crippen molar-refractivity contribution in [3.05, 3.63) is 12.3 Å². The molecule has 12 heavy (non-hydrogen) atoms. The zero-order valence-corrected chi connectivity index (χ0v) is 6.85. The van der Waals surface area contributed by atoms with E-state index in [1.165, 1.54) is 5.01 Å². The van der Waals surface area contributed by atoms with Gasteiger partial charge in [-0.25, -0.2) is 5.84 Å². The first-order valence-electron chi connectivity index (χ1n) is 2.77. The van der Waals surface area contributed by atoms with E-state index in [0.29, 0.717) is 6.67 Å². The van der Waals surface area contributed by atoms with Crippen LogP contribution < -0.4 is 5.84 Å². The van der Waals surface area contributed by atoms with Crippen molar-refractivity contribution in [1.82, 2.24) is 5.01 Å². The molecule has 1 rings (SSSR count). The Balaban J connectivity index is 0.000000217. The van der Waals surface area contributed by atoms with Crippen molar-refractivity contribution < 1.29 is 17.5 Å². The summed E-state index contributed by atoms with van der Waals surface area (Å²) in [5, 5.41) is 1.51. The molecule has 70 valence electrons. The van der Waals surface area contributed by atoms with Crippen LogP contribution in [-0.4, -0.2) is 35.4 Å². The highest BCUT2D eigenvalue weighted by Gasteiger charge is 1.87. The first-order chi connectivity index (χ1) is 5.39. The molecule has 0 amide bonds. The summed E-state index contributed by atoms with van der Waals surface area (Å²) < 4.78 is 31.6. The molecule has 0 aliphatic carbocycles. The summed E-state index contributed by atoms with van der Waals surface area (Å²) in [6.45, 7) is 0.580. The van der Waals surface area contributed by atoms with Gasteiger partial charge in [0.05, 0.1) is 0 Å². The third-order valence-corrected chi connectivity index (χ3v) is 0.714. The van der Waals surface area contributed by atoms with Crippen LogP contribution in [0.2, 0.25) is 0 Å². The smallest absolute Gasteiger partial charge is 0.297 e. The number of rotatable bonds is 0. The van der Waals surface area contributed by atoms with Crippen molar-refractivity contribution in [2.24, 2.45) is 10.8 Å². The second-order valence-electron chi connectivity index (χ2n) is 1.78. The van der Waals surface area contributed by atoms with Crippen LogP contribution in [0.3, 0.4) is 0 Å². The van der Waals surface area contributed by atoms with Crippen molar-refractivity contribution in [2.45, 2.75) is 0 Å². The number of hydrogen-bond acceptors (Lipinski definition) is 5. The molecule has 0 bridgehead atoms. The van der Waals surface area contributed by atoms with Gasteiger partial charge in [-0.05, 0) is 6.08 Å². The number of aliphatic imine (C=N–C) groups is 1. The number of hydrazine groups is 1. The SMILES string of the molecule is NN1C=CC=NC1.O=S(=O)(O)O. The summed E-state index contributed by atoms with van der Waals surface area (Å²) in [6, 6.07) is 0. The molecule has 1 aliphatic rings. The monoisotopic (exact) mass is 195 g/mol. The molecule has 0 atom stereocenters. The van der Waals surface area contributed by atoms with Gasteiger partial charge in [0.25, 0.3) is 0 Å². The maximum atomic E-state index is 8.74. The Morgan fingerprint density at radius 1 is 1.50 bits per heavy atom. The molecule has 1 aliphatic heterocycles. The lowest BCUT2D eigenvalue weighted by atomic mass is 10.6. The molecule has 0 aromatic rings. The molecule has 0 fully saturated rings. The summed E-state index contributed by atoms with van der Waals surface area (Å²) in [6.07, 6.45) is 5.29. The van der Waals surface area contributed by atoms with E-state index in [1.54, 1.807) is 18.5 Å². The van der Waals surface area contributed by atoms with Crippen molar-refractivity contribution in [1.29, 1.82) is 0 Å². The zero-order valence-electron chi connectivity index (χ0n) is 6.03. The molecule has 7 nitrogen and oxygen atoms in total. The highest BCUT2D eigenvalue weighted by atomic mass is 32.3. The van der Waals surface area contributed by atoms with Crippen LogP contribution in [-0.2, 0) is 10.4 Å². The molecule has 0 saturated heterocycles. The third-order valence-electron chi connectivity index (χ3n) is 0.714. The van der Waals surface area contributed by atoms with Crippen LogP contribution in [0.15, 0.2) is 17.3 Å². The highest BCUT2D eigenvalue weighted by molar-refractivity contribution is 7.79. The second kappa shape index (κ2) is 4.83.